The first-order valence-electron chi connectivity index (χ1n) is 9.42. The molecule has 0 unspecified atom stereocenters. The number of thiazole rings is 1. The lowest BCUT2D eigenvalue weighted by Crippen LogP contribution is -2.41. The fourth-order valence-corrected chi connectivity index (χ4v) is 7.01. The predicted octanol–water partition coefficient (Wildman–Crippen LogP) is 4.87. The Labute approximate surface area is 188 Å². The van der Waals surface area contributed by atoms with Crippen LogP contribution in [-0.2, 0) is 14.8 Å². The van der Waals surface area contributed by atoms with Gasteiger partial charge in [0.05, 0.1) is 5.69 Å². The summed E-state index contributed by atoms with van der Waals surface area (Å²) in [5.41, 5.74) is 1.77. The van der Waals surface area contributed by atoms with Crippen LogP contribution in [0.4, 0.5) is 5.13 Å². The first-order valence-corrected chi connectivity index (χ1v) is 12.9. The SMILES string of the molecule is Cc1sc(NC(=O)C2CCN(S(=O)(=O)c3cccs3)CC2)nc1-c1ccc(Cl)cc1. The lowest BCUT2D eigenvalue weighted by atomic mass is 9.97. The highest BCUT2D eigenvalue weighted by Crippen LogP contribution is 2.32. The number of anilines is 1. The Morgan fingerprint density at radius 1 is 1.20 bits per heavy atom. The number of carbonyl (C=O) groups excluding carboxylic acids is 1. The first kappa shape index (κ1) is 21.5. The van der Waals surface area contributed by atoms with Gasteiger partial charge in [0.1, 0.15) is 4.21 Å². The Balaban J connectivity index is 1.39. The van der Waals surface area contributed by atoms with Crippen molar-refractivity contribution < 1.29 is 13.2 Å². The molecule has 6 nitrogen and oxygen atoms in total. The van der Waals surface area contributed by atoms with E-state index in [1.165, 1.54) is 27.0 Å². The van der Waals surface area contributed by atoms with Gasteiger partial charge in [-0.15, -0.1) is 22.7 Å². The second-order valence-corrected chi connectivity index (χ2v) is 11.8. The molecule has 30 heavy (non-hydrogen) atoms. The molecule has 10 heteroatoms. The Bertz CT molecular complexity index is 1130. The van der Waals surface area contributed by atoms with Crippen molar-refractivity contribution in [2.45, 2.75) is 24.0 Å². The number of benzene rings is 1. The van der Waals surface area contributed by atoms with E-state index in [2.05, 4.69) is 10.3 Å². The number of hydrogen-bond donors (Lipinski definition) is 1. The van der Waals surface area contributed by atoms with E-state index in [9.17, 15) is 13.2 Å². The van der Waals surface area contributed by atoms with Gasteiger partial charge in [0.15, 0.2) is 5.13 Å². The Morgan fingerprint density at radius 3 is 2.53 bits per heavy atom. The third kappa shape index (κ3) is 4.45. The van der Waals surface area contributed by atoms with Gasteiger partial charge in [-0.25, -0.2) is 13.4 Å². The number of carbonyl (C=O) groups is 1. The van der Waals surface area contributed by atoms with Crippen molar-refractivity contribution in [3.63, 3.8) is 0 Å². The standard InChI is InChI=1S/C20H20ClN3O3S3/c1-13-18(14-4-6-16(21)7-5-14)22-20(29-13)23-19(25)15-8-10-24(11-9-15)30(26,27)17-3-2-12-28-17/h2-7,12,15H,8-11H2,1H3,(H,22,23,25). The molecule has 1 aliphatic heterocycles. The van der Waals surface area contributed by atoms with Crippen LogP contribution in [-0.4, -0.2) is 36.7 Å². The molecule has 1 aliphatic rings. The minimum absolute atomic E-state index is 0.112. The first-order chi connectivity index (χ1) is 14.3. The van der Waals surface area contributed by atoms with Gasteiger partial charge in [-0.05, 0) is 43.3 Å². The van der Waals surface area contributed by atoms with Gasteiger partial charge in [-0.1, -0.05) is 29.8 Å². The van der Waals surface area contributed by atoms with Gasteiger partial charge in [-0.3, -0.25) is 4.79 Å². The van der Waals surface area contributed by atoms with Crippen LogP contribution in [0.3, 0.4) is 0 Å². The molecule has 3 aromatic rings. The number of aromatic nitrogens is 1. The zero-order valence-corrected chi connectivity index (χ0v) is 19.4. The summed E-state index contributed by atoms with van der Waals surface area (Å²) < 4.78 is 27.1. The molecule has 1 N–H and O–H groups in total. The van der Waals surface area contributed by atoms with Crippen molar-refractivity contribution in [1.82, 2.24) is 9.29 Å². The van der Waals surface area contributed by atoms with Crippen molar-refractivity contribution >= 4 is 55.3 Å². The highest BCUT2D eigenvalue weighted by Gasteiger charge is 2.32. The number of sulfonamides is 1. The Hall–Kier alpha value is -1.78. The maximum absolute atomic E-state index is 12.7. The molecular weight excluding hydrogens is 462 g/mol. The van der Waals surface area contributed by atoms with E-state index in [0.717, 1.165) is 16.1 Å². The topological polar surface area (TPSA) is 79.4 Å². The Kier molecular flexibility index (Phi) is 6.26. The fourth-order valence-electron chi connectivity index (χ4n) is 3.43. The molecule has 1 aromatic carbocycles. The minimum Gasteiger partial charge on any atom is -0.302 e. The van der Waals surface area contributed by atoms with Crippen LogP contribution in [0.5, 0.6) is 0 Å². The summed E-state index contributed by atoms with van der Waals surface area (Å²) in [6.45, 7) is 2.64. The lowest BCUT2D eigenvalue weighted by Gasteiger charge is -2.29. The summed E-state index contributed by atoms with van der Waals surface area (Å²) in [6, 6.07) is 10.8. The number of halogens is 1. The molecule has 4 rings (SSSR count). The van der Waals surface area contributed by atoms with E-state index < -0.39 is 10.0 Å². The highest BCUT2D eigenvalue weighted by molar-refractivity contribution is 7.91. The van der Waals surface area contributed by atoms with E-state index in [1.807, 2.05) is 31.2 Å². The van der Waals surface area contributed by atoms with E-state index in [4.69, 9.17) is 11.6 Å². The quantitative estimate of drug-likeness (QED) is 0.563. The molecule has 0 atom stereocenters. The van der Waals surface area contributed by atoms with Crippen molar-refractivity contribution in [3.8, 4) is 11.3 Å². The third-order valence-electron chi connectivity index (χ3n) is 5.06. The highest BCUT2D eigenvalue weighted by atomic mass is 35.5. The normalized spacial score (nSPS) is 15.9. The summed E-state index contributed by atoms with van der Waals surface area (Å²) in [5, 5.41) is 5.87. The van der Waals surface area contributed by atoms with Crippen LogP contribution < -0.4 is 5.32 Å². The average Bonchev–Trinajstić information content (AvgIpc) is 3.39. The van der Waals surface area contributed by atoms with E-state index in [0.29, 0.717) is 40.3 Å². The molecule has 0 bridgehead atoms. The molecule has 2 aromatic heterocycles. The van der Waals surface area contributed by atoms with Gasteiger partial charge in [0.2, 0.25) is 5.91 Å². The average molecular weight is 482 g/mol. The number of amides is 1. The Morgan fingerprint density at radius 2 is 1.90 bits per heavy atom. The molecule has 1 fully saturated rings. The zero-order valence-electron chi connectivity index (χ0n) is 16.2. The molecule has 0 aliphatic carbocycles. The monoisotopic (exact) mass is 481 g/mol. The summed E-state index contributed by atoms with van der Waals surface area (Å²) >= 11 is 8.59. The predicted molar refractivity (Wildman–Crippen MR) is 122 cm³/mol. The number of nitrogens with zero attached hydrogens (tertiary/aromatic N) is 2. The number of thiophene rings is 1. The van der Waals surface area contributed by atoms with Crippen LogP contribution in [0.2, 0.25) is 5.02 Å². The van der Waals surface area contributed by atoms with Gasteiger partial charge < -0.3 is 5.32 Å². The molecule has 1 saturated heterocycles. The van der Waals surface area contributed by atoms with E-state index >= 15 is 0 Å². The second kappa shape index (κ2) is 8.76. The lowest BCUT2D eigenvalue weighted by molar-refractivity contribution is -0.120. The van der Waals surface area contributed by atoms with E-state index in [-0.39, 0.29) is 11.8 Å². The van der Waals surface area contributed by atoms with Gasteiger partial charge in [0, 0.05) is 34.5 Å². The van der Waals surface area contributed by atoms with E-state index in [1.54, 1.807) is 17.5 Å². The maximum atomic E-state index is 12.7. The van der Waals surface area contributed by atoms with Gasteiger partial charge in [0.25, 0.3) is 10.0 Å². The number of piperidine rings is 1. The zero-order chi connectivity index (χ0) is 21.3. The van der Waals surface area contributed by atoms with Crippen molar-refractivity contribution in [2.75, 3.05) is 18.4 Å². The molecule has 0 spiro atoms. The van der Waals surface area contributed by atoms with Crippen molar-refractivity contribution in [2.24, 2.45) is 5.92 Å². The molecule has 1 amide bonds. The summed E-state index contributed by atoms with van der Waals surface area (Å²) in [6.07, 6.45) is 0.982. The van der Waals surface area contributed by atoms with Crippen molar-refractivity contribution in [1.29, 1.82) is 0 Å². The largest absolute Gasteiger partial charge is 0.302 e. The molecule has 3 heterocycles. The smallest absolute Gasteiger partial charge is 0.252 e. The van der Waals surface area contributed by atoms with Gasteiger partial charge in [-0.2, -0.15) is 4.31 Å². The molecule has 0 saturated carbocycles. The van der Waals surface area contributed by atoms with Gasteiger partial charge >= 0.3 is 0 Å². The number of hydrogen-bond acceptors (Lipinski definition) is 6. The molecular formula is C20H20ClN3O3S3. The molecule has 158 valence electrons. The van der Waals surface area contributed by atoms with Crippen molar-refractivity contribution in [3.05, 3.63) is 51.7 Å². The minimum atomic E-state index is -3.46. The number of nitrogens with one attached hydrogen (secondary N) is 1. The summed E-state index contributed by atoms with van der Waals surface area (Å²) in [5.74, 6) is -0.345. The number of rotatable bonds is 5. The second-order valence-electron chi connectivity index (χ2n) is 7.03. The number of aryl methyl sites for hydroxylation is 1. The fraction of sp³-hybridized carbons (Fsp3) is 0.300. The van der Waals surface area contributed by atoms with Crippen LogP contribution in [0, 0.1) is 12.8 Å². The van der Waals surface area contributed by atoms with Crippen LogP contribution in [0.1, 0.15) is 17.7 Å². The van der Waals surface area contributed by atoms with Crippen LogP contribution >= 0.6 is 34.3 Å². The molecule has 0 radical (unpaired) electrons. The summed E-state index contributed by atoms with van der Waals surface area (Å²) in [4.78, 5) is 18.3. The maximum Gasteiger partial charge on any atom is 0.252 e. The summed E-state index contributed by atoms with van der Waals surface area (Å²) in [7, 11) is -3.46. The third-order valence-corrected chi connectivity index (χ3v) is 9.47. The van der Waals surface area contributed by atoms with Crippen LogP contribution in [0.15, 0.2) is 46.0 Å². The van der Waals surface area contributed by atoms with Crippen LogP contribution in [0.25, 0.3) is 11.3 Å².